The van der Waals surface area contributed by atoms with Gasteiger partial charge in [-0.25, -0.2) is 9.37 Å². The van der Waals surface area contributed by atoms with E-state index in [1.807, 2.05) is 18.4 Å². The number of hydrogen-bond donors (Lipinski definition) is 1. The first-order valence-corrected chi connectivity index (χ1v) is 4.94. The Labute approximate surface area is 87.7 Å². The van der Waals surface area contributed by atoms with Crippen LogP contribution in [0, 0.1) is 12.7 Å². The van der Waals surface area contributed by atoms with Crippen molar-refractivity contribution in [1.82, 2.24) is 9.55 Å². The highest BCUT2D eigenvalue weighted by Crippen LogP contribution is 2.24. The molecule has 0 saturated heterocycles. The predicted octanol–water partition coefficient (Wildman–Crippen LogP) is 2.65. The molecule has 0 aliphatic rings. The minimum Gasteiger partial charge on any atom is -0.369 e. The molecule has 2 rings (SSSR count). The quantitative estimate of drug-likeness (QED) is 0.781. The van der Waals surface area contributed by atoms with Crippen molar-refractivity contribution in [2.75, 3.05) is 5.73 Å². The number of halogens is 1. The van der Waals surface area contributed by atoms with Crippen molar-refractivity contribution in [2.24, 2.45) is 0 Å². The van der Waals surface area contributed by atoms with Crippen LogP contribution in [0.25, 0.3) is 11.0 Å². The standard InChI is InChI=1S/C11H14FN3/c1-6(2)15-10-4-7(3)8(12)5-9(10)14-11(15)13/h4-6H,1-3H3,(H2,13,14). The van der Waals surface area contributed by atoms with Gasteiger partial charge in [-0.3, -0.25) is 0 Å². The molecule has 1 aromatic carbocycles. The van der Waals surface area contributed by atoms with Gasteiger partial charge < -0.3 is 10.3 Å². The number of fused-ring (bicyclic) bond motifs is 1. The maximum Gasteiger partial charge on any atom is 0.201 e. The van der Waals surface area contributed by atoms with Crippen LogP contribution in [-0.4, -0.2) is 9.55 Å². The highest BCUT2D eigenvalue weighted by atomic mass is 19.1. The highest BCUT2D eigenvalue weighted by Gasteiger charge is 2.12. The minimum atomic E-state index is -0.240. The predicted molar refractivity (Wildman–Crippen MR) is 59.2 cm³/mol. The summed E-state index contributed by atoms with van der Waals surface area (Å²) in [4.78, 5) is 4.14. The number of benzene rings is 1. The van der Waals surface area contributed by atoms with Gasteiger partial charge in [0.25, 0.3) is 0 Å². The molecular formula is C11H14FN3. The first kappa shape index (κ1) is 9.96. The largest absolute Gasteiger partial charge is 0.369 e. The van der Waals surface area contributed by atoms with Crippen LogP contribution in [-0.2, 0) is 0 Å². The average Bonchev–Trinajstić information content (AvgIpc) is 2.41. The van der Waals surface area contributed by atoms with Crippen molar-refractivity contribution in [2.45, 2.75) is 26.8 Å². The summed E-state index contributed by atoms with van der Waals surface area (Å²) in [5, 5.41) is 0. The van der Waals surface area contributed by atoms with E-state index in [1.165, 1.54) is 6.07 Å². The summed E-state index contributed by atoms with van der Waals surface area (Å²) < 4.78 is 15.2. The first-order valence-electron chi connectivity index (χ1n) is 4.94. The Kier molecular flexibility index (Phi) is 2.14. The Morgan fingerprint density at radius 3 is 2.67 bits per heavy atom. The lowest BCUT2D eigenvalue weighted by atomic mass is 10.2. The number of nitrogens with zero attached hydrogens (tertiary/aromatic N) is 2. The van der Waals surface area contributed by atoms with Gasteiger partial charge in [-0.1, -0.05) is 0 Å². The van der Waals surface area contributed by atoms with E-state index in [4.69, 9.17) is 5.73 Å². The van der Waals surface area contributed by atoms with Crippen molar-refractivity contribution < 1.29 is 4.39 Å². The second kappa shape index (κ2) is 3.22. The van der Waals surface area contributed by atoms with Gasteiger partial charge in [0.1, 0.15) is 5.82 Å². The monoisotopic (exact) mass is 207 g/mol. The molecule has 80 valence electrons. The summed E-state index contributed by atoms with van der Waals surface area (Å²) in [5.74, 6) is 0.195. The maximum absolute atomic E-state index is 13.3. The number of aryl methyl sites for hydroxylation is 1. The Morgan fingerprint density at radius 2 is 2.07 bits per heavy atom. The molecule has 0 aliphatic carbocycles. The van der Waals surface area contributed by atoms with Gasteiger partial charge >= 0.3 is 0 Å². The molecule has 3 nitrogen and oxygen atoms in total. The Hall–Kier alpha value is -1.58. The normalized spacial score (nSPS) is 11.5. The molecule has 15 heavy (non-hydrogen) atoms. The third kappa shape index (κ3) is 1.46. The fourth-order valence-electron chi connectivity index (χ4n) is 1.78. The third-order valence-corrected chi connectivity index (χ3v) is 2.51. The summed E-state index contributed by atoms with van der Waals surface area (Å²) in [6, 6.07) is 3.44. The first-order chi connectivity index (χ1) is 7.00. The van der Waals surface area contributed by atoms with E-state index in [2.05, 4.69) is 4.98 Å². The molecule has 2 aromatic rings. The molecule has 1 aromatic heterocycles. The van der Waals surface area contributed by atoms with Gasteiger partial charge in [0.15, 0.2) is 0 Å². The topological polar surface area (TPSA) is 43.8 Å². The molecule has 0 amide bonds. The van der Waals surface area contributed by atoms with Gasteiger partial charge in [-0.05, 0) is 32.4 Å². The van der Waals surface area contributed by atoms with Crippen molar-refractivity contribution >= 4 is 17.0 Å². The van der Waals surface area contributed by atoms with E-state index >= 15 is 0 Å². The second-order valence-corrected chi connectivity index (χ2v) is 4.02. The molecule has 1 heterocycles. The zero-order chi connectivity index (χ0) is 11.2. The van der Waals surface area contributed by atoms with Gasteiger partial charge in [-0.15, -0.1) is 0 Å². The second-order valence-electron chi connectivity index (χ2n) is 4.02. The van der Waals surface area contributed by atoms with Crippen LogP contribution in [0.5, 0.6) is 0 Å². The van der Waals surface area contributed by atoms with Gasteiger partial charge in [0.2, 0.25) is 5.95 Å². The van der Waals surface area contributed by atoms with Crippen LogP contribution in [0.3, 0.4) is 0 Å². The average molecular weight is 207 g/mol. The molecule has 0 aliphatic heterocycles. The van der Waals surface area contributed by atoms with E-state index in [-0.39, 0.29) is 11.9 Å². The minimum absolute atomic E-state index is 0.222. The molecule has 0 bridgehead atoms. The zero-order valence-electron chi connectivity index (χ0n) is 9.08. The van der Waals surface area contributed by atoms with Crippen molar-refractivity contribution in [3.05, 3.63) is 23.5 Å². The lowest BCUT2D eigenvalue weighted by Crippen LogP contribution is -2.05. The fourth-order valence-corrected chi connectivity index (χ4v) is 1.78. The van der Waals surface area contributed by atoms with Crippen LogP contribution < -0.4 is 5.73 Å². The fraction of sp³-hybridized carbons (Fsp3) is 0.364. The molecule has 0 atom stereocenters. The number of nitrogen functional groups attached to an aromatic ring is 1. The smallest absolute Gasteiger partial charge is 0.201 e. The van der Waals surface area contributed by atoms with E-state index in [0.29, 0.717) is 17.0 Å². The number of hydrogen-bond acceptors (Lipinski definition) is 2. The number of nitrogens with two attached hydrogens (primary N) is 1. The molecule has 0 radical (unpaired) electrons. The summed E-state index contributed by atoms with van der Waals surface area (Å²) in [6.07, 6.45) is 0. The third-order valence-electron chi connectivity index (χ3n) is 2.51. The molecule has 4 heteroatoms. The number of anilines is 1. The molecule has 2 N–H and O–H groups in total. The van der Waals surface area contributed by atoms with Crippen LogP contribution in [0.15, 0.2) is 12.1 Å². The number of imidazole rings is 1. The molecule has 0 saturated carbocycles. The van der Waals surface area contributed by atoms with Crippen LogP contribution >= 0.6 is 0 Å². The van der Waals surface area contributed by atoms with Crippen molar-refractivity contribution in [3.63, 3.8) is 0 Å². The summed E-state index contributed by atoms with van der Waals surface area (Å²) in [6.45, 7) is 5.79. The van der Waals surface area contributed by atoms with Crippen LogP contribution in [0.4, 0.5) is 10.3 Å². The SMILES string of the molecule is Cc1cc2c(cc1F)nc(N)n2C(C)C. The van der Waals surface area contributed by atoms with Gasteiger partial charge in [-0.2, -0.15) is 0 Å². The van der Waals surface area contributed by atoms with Crippen molar-refractivity contribution in [3.8, 4) is 0 Å². The van der Waals surface area contributed by atoms with E-state index < -0.39 is 0 Å². The molecule has 0 fully saturated rings. The molecular weight excluding hydrogens is 193 g/mol. The zero-order valence-corrected chi connectivity index (χ0v) is 9.08. The lowest BCUT2D eigenvalue weighted by Gasteiger charge is -2.10. The Balaban J connectivity index is 2.81. The molecule has 0 unspecified atom stereocenters. The van der Waals surface area contributed by atoms with Crippen LogP contribution in [0.1, 0.15) is 25.5 Å². The summed E-state index contributed by atoms with van der Waals surface area (Å²) in [7, 11) is 0. The number of rotatable bonds is 1. The lowest BCUT2D eigenvalue weighted by molar-refractivity contribution is 0.616. The summed E-state index contributed by atoms with van der Waals surface area (Å²) >= 11 is 0. The Morgan fingerprint density at radius 1 is 1.40 bits per heavy atom. The maximum atomic E-state index is 13.3. The highest BCUT2D eigenvalue weighted by molar-refractivity contribution is 5.79. The van der Waals surface area contributed by atoms with Crippen LogP contribution in [0.2, 0.25) is 0 Å². The van der Waals surface area contributed by atoms with E-state index in [0.717, 1.165) is 5.52 Å². The van der Waals surface area contributed by atoms with Gasteiger partial charge in [0.05, 0.1) is 11.0 Å². The van der Waals surface area contributed by atoms with E-state index in [9.17, 15) is 4.39 Å². The van der Waals surface area contributed by atoms with Crippen molar-refractivity contribution in [1.29, 1.82) is 0 Å². The Bertz CT molecular complexity index is 514. The van der Waals surface area contributed by atoms with E-state index in [1.54, 1.807) is 13.0 Å². The van der Waals surface area contributed by atoms with Gasteiger partial charge in [0, 0.05) is 12.1 Å². The molecule has 0 spiro atoms. The number of aromatic nitrogens is 2. The summed E-state index contributed by atoms with van der Waals surface area (Å²) in [5.41, 5.74) is 7.90.